The van der Waals surface area contributed by atoms with E-state index in [1.54, 1.807) is 0 Å². The van der Waals surface area contributed by atoms with Crippen molar-refractivity contribution in [1.29, 1.82) is 0 Å². The van der Waals surface area contributed by atoms with E-state index in [2.05, 4.69) is 32.2 Å². The van der Waals surface area contributed by atoms with E-state index in [0.29, 0.717) is 11.8 Å². The van der Waals surface area contributed by atoms with Gasteiger partial charge in [0.2, 0.25) is 5.91 Å². The van der Waals surface area contributed by atoms with E-state index in [-0.39, 0.29) is 11.8 Å². The summed E-state index contributed by atoms with van der Waals surface area (Å²) in [7, 11) is 0. The molecule has 0 heterocycles. The Balaban J connectivity index is 2.12. The number of hydrogen-bond acceptors (Lipinski definition) is 1. The number of nitrogens with one attached hydrogen (secondary N) is 1. The van der Waals surface area contributed by atoms with Crippen LogP contribution in [0.15, 0.2) is 24.3 Å². The maximum atomic E-state index is 11.9. The van der Waals surface area contributed by atoms with Gasteiger partial charge in [-0.1, -0.05) is 39.0 Å². The fraction of sp³-hybridized carbons (Fsp3) is 0.533. The standard InChI is InChI=1S/C15H21NO/c1-4-10(2)12-7-5-6-8-14(12)16-15(17)13-9-11(13)3/h5-8,10-11,13H,4,9H2,1-3H3,(H,16,17)/t10-,11+,13-/m0/s1. The molecule has 2 heteroatoms. The third-order valence-corrected chi connectivity index (χ3v) is 3.81. The SMILES string of the molecule is CC[C@H](C)c1ccccc1NC(=O)[C@H]1C[C@H]1C. The Morgan fingerprint density at radius 3 is 2.71 bits per heavy atom. The first-order valence-electron chi connectivity index (χ1n) is 6.53. The molecule has 0 aliphatic heterocycles. The van der Waals surface area contributed by atoms with E-state index >= 15 is 0 Å². The Labute approximate surface area is 103 Å². The van der Waals surface area contributed by atoms with Crippen molar-refractivity contribution < 1.29 is 4.79 Å². The summed E-state index contributed by atoms with van der Waals surface area (Å²) in [6.07, 6.45) is 2.13. The molecule has 1 aliphatic rings. The Bertz CT molecular complexity index is 413. The summed E-state index contributed by atoms with van der Waals surface area (Å²) in [6, 6.07) is 8.14. The molecule has 0 aromatic heterocycles. The third-order valence-electron chi connectivity index (χ3n) is 3.81. The zero-order chi connectivity index (χ0) is 12.4. The van der Waals surface area contributed by atoms with Gasteiger partial charge in [-0.3, -0.25) is 4.79 Å². The lowest BCUT2D eigenvalue weighted by Crippen LogP contribution is -2.16. The number of hydrogen-bond donors (Lipinski definition) is 1. The fourth-order valence-corrected chi connectivity index (χ4v) is 2.17. The van der Waals surface area contributed by atoms with Crippen LogP contribution in [0.1, 0.15) is 45.1 Å². The monoisotopic (exact) mass is 231 g/mol. The maximum Gasteiger partial charge on any atom is 0.227 e. The van der Waals surface area contributed by atoms with Crippen LogP contribution in [0.5, 0.6) is 0 Å². The Hall–Kier alpha value is -1.31. The second kappa shape index (κ2) is 4.91. The summed E-state index contributed by atoms with van der Waals surface area (Å²) < 4.78 is 0. The van der Waals surface area contributed by atoms with Crippen LogP contribution >= 0.6 is 0 Å². The van der Waals surface area contributed by atoms with Gasteiger partial charge in [0.25, 0.3) is 0 Å². The van der Waals surface area contributed by atoms with Crippen molar-refractivity contribution in [2.45, 2.75) is 39.5 Å². The van der Waals surface area contributed by atoms with Gasteiger partial charge in [-0.05, 0) is 36.3 Å². The van der Waals surface area contributed by atoms with Crippen molar-refractivity contribution in [1.82, 2.24) is 0 Å². The van der Waals surface area contributed by atoms with Crippen molar-refractivity contribution in [2.75, 3.05) is 5.32 Å². The first-order chi connectivity index (χ1) is 8.13. The quantitative estimate of drug-likeness (QED) is 0.839. The molecule has 0 spiro atoms. The summed E-state index contributed by atoms with van der Waals surface area (Å²) in [4.78, 5) is 11.9. The first-order valence-corrected chi connectivity index (χ1v) is 6.53. The summed E-state index contributed by atoms with van der Waals surface area (Å²) in [5.41, 5.74) is 2.24. The van der Waals surface area contributed by atoms with Crippen LogP contribution in [0.25, 0.3) is 0 Å². The van der Waals surface area contributed by atoms with Gasteiger partial charge < -0.3 is 5.32 Å². The summed E-state index contributed by atoms with van der Waals surface area (Å²) in [5.74, 6) is 1.47. The Morgan fingerprint density at radius 2 is 2.12 bits per heavy atom. The van der Waals surface area contributed by atoms with Crippen molar-refractivity contribution in [3.63, 3.8) is 0 Å². The first kappa shape index (κ1) is 12.2. The fourth-order valence-electron chi connectivity index (χ4n) is 2.17. The lowest BCUT2D eigenvalue weighted by molar-refractivity contribution is -0.117. The number of carbonyl (C=O) groups is 1. The van der Waals surface area contributed by atoms with Gasteiger partial charge in [0.1, 0.15) is 0 Å². The smallest absolute Gasteiger partial charge is 0.227 e. The van der Waals surface area contributed by atoms with Crippen LogP contribution in [0.4, 0.5) is 5.69 Å². The van der Waals surface area contributed by atoms with Crippen LogP contribution < -0.4 is 5.32 Å². The molecule has 17 heavy (non-hydrogen) atoms. The Morgan fingerprint density at radius 1 is 1.47 bits per heavy atom. The van der Waals surface area contributed by atoms with E-state index in [4.69, 9.17) is 0 Å². The number of anilines is 1. The van der Waals surface area contributed by atoms with Gasteiger partial charge in [-0.25, -0.2) is 0 Å². The number of para-hydroxylation sites is 1. The van der Waals surface area contributed by atoms with Gasteiger partial charge in [0.05, 0.1) is 0 Å². The van der Waals surface area contributed by atoms with E-state index in [1.165, 1.54) is 5.56 Å². The van der Waals surface area contributed by atoms with Crippen molar-refractivity contribution >= 4 is 11.6 Å². The average molecular weight is 231 g/mol. The largest absolute Gasteiger partial charge is 0.326 e. The lowest BCUT2D eigenvalue weighted by atomic mass is 9.97. The minimum absolute atomic E-state index is 0.188. The average Bonchev–Trinajstić information content (AvgIpc) is 3.06. The highest BCUT2D eigenvalue weighted by atomic mass is 16.2. The van der Waals surface area contributed by atoms with Crippen LogP contribution in [0.3, 0.4) is 0 Å². The maximum absolute atomic E-state index is 11.9. The van der Waals surface area contributed by atoms with Crippen LogP contribution in [-0.2, 0) is 4.79 Å². The summed E-state index contributed by atoms with van der Waals surface area (Å²) in [5, 5.41) is 3.08. The number of amides is 1. The third kappa shape index (κ3) is 2.68. The number of rotatable bonds is 4. The minimum Gasteiger partial charge on any atom is -0.326 e. The Kier molecular flexibility index (Phi) is 3.51. The highest BCUT2D eigenvalue weighted by Crippen LogP contribution is 2.39. The summed E-state index contributed by atoms with van der Waals surface area (Å²) in [6.45, 7) is 6.50. The molecule has 0 radical (unpaired) electrons. The van der Waals surface area contributed by atoms with Crippen molar-refractivity contribution in [2.24, 2.45) is 11.8 Å². The van der Waals surface area contributed by atoms with Crippen LogP contribution in [0.2, 0.25) is 0 Å². The van der Waals surface area contributed by atoms with Gasteiger partial charge in [0, 0.05) is 11.6 Å². The van der Waals surface area contributed by atoms with Gasteiger partial charge in [-0.2, -0.15) is 0 Å². The van der Waals surface area contributed by atoms with Gasteiger partial charge in [0.15, 0.2) is 0 Å². The number of carbonyl (C=O) groups excluding carboxylic acids is 1. The molecule has 2 nitrogen and oxygen atoms in total. The predicted molar refractivity (Wildman–Crippen MR) is 71.0 cm³/mol. The molecule has 1 fully saturated rings. The van der Waals surface area contributed by atoms with Crippen LogP contribution in [-0.4, -0.2) is 5.91 Å². The predicted octanol–water partition coefficient (Wildman–Crippen LogP) is 3.79. The van der Waals surface area contributed by atoms with Crippen LogP contribution in [0, 0.1) is 11.8 Å². The topological polar surface area (TPSA) is 29.1 Å². The molecule has 1 saturated carbocycles. The molecular weight excluding hydrogens is 210 g/mol. The lowest BCUT2D eigenvalue weighted by Gasteiger charge is -2.15. The minimum atomic E-state index is 0.188. The van der Waals surface area contributed by atoms with E-state index in [9.17, 15) is 4.79 Å². The van der Waals surface area contributed by atoms with Gasteiger partial charge >= 0.3 is 0 Å². The molecule has 3 atom stereocenters. The molecule has 0 bridgehead atoms. The normalized spacial score (nSPS) is 24.2. The van der Waals surface area contributed by atoms with E-state index < -0.39 is 0 Å². The highest BCUT2D eigenvalue weighted by molar-refractivity contribution is 5.95. The van der Waals surface area contributed by atoms with E-state index in [0.717, 1.165) is 18.5 Å². The summed E-state index contributed by atoms with van der Waals surface area (Å²) >= 11 is 0. The molecule has 0 saturated heterocycles. The van der Waals surface area contributed by atoms with E-state index in [1.807, 2.05) is 18.2 Å². The zero-order valence-corrected chi connectivity index (χ0v) is 10.9. The molecule has 2 rings (SSSR count). The molecule has 1 amide bonds. The molecule has 1 aromatic carbocycles. The van der Waals surface area contributed by atoms with Crippen molar-refractivity contribution in [3.8, 4) is 0 Å². The zero-order valence-electron chi connectivity index (χ0n) is 10.9. The molecule has 1 aromatic rings. The second-order valence-corrected chi connectivity index (χ2v) is 5.21. The molecule has 0 unspecified atom stereocenters. The molecule has 1 N–H and O–H groups in total. The van der Waals surface area contributed by atoms with Gasteiger partial charge in [-0.15, -0.1) is 0 Å². The molecule has 92 valence electrons. The second-order valence-electron chi connectivity index (χ2n) is 5.21. The molecular formula is C15H21NO. The molecule has 1 aliphatic carbocycles. The highest BCUT2D eigenvalue weighted by Gasteiger charge is 2.39. The number of benzene rings is 1. The van der Waals surface area contributed by atoms with Crippen molar-refractivity contribution in [3.05, 3.63) is 29.8 Å².